The summed E-state index contributed by atoms with van der Waals surface area (Å²) in [7, 11) is 1.77. The fraction of sp³-hybridized carbons (Fsp3) is 0.400. The average molecular weight is 339 g/mol. The van der Waals surface area contributed by atoms with Crippen LogP contribution in [0.15, 0.2) is 24.3 Å². The first-order valence-corrected chi connectivity index (χ1v) is 7.92. The number of hydrogen-bond acceptors (Lipinski definition) is 3. The zero-order chi connectivity index (χ0) is 16.1. The number of benzene rings is 1. The molecule has 2 aromatic rings. The molecular formula is C15H19ClN4OS. The maximum Gasteiger partial charge on any atom is 0.242 e. The van der Waals surface area contributed by atoms with Crippen molar-refractivity contribution in [2.45, 2.75) is 32.9 Å². The summed E-state index contributed by atoms with van der Waals surface area (Å²) in [6.07, 6.45) is 1.74. The summed E-state index contributed by atoms with van der Waals surface area (Å²) in [6.45, 7) is 2.77. The van der Waals surface area contributed by atoms with E-state index in [1.54, 1.807) is 16.5 Å². The van der Waals surface area contributed by atoms with Crippen LogP contribution in [0, 0.1) is 4.77 Å². The Morgan fingerprint density at radius 1 is 1.50 bits per heavy atom. The molecule has 1 heterocycles. The van der Waals surface area contributed by atoms with Crippen LogP contribution >= 0.6 is 23.8 Å². The number of hydrogen-bond donors (Lipinski definition) is 1. The van der Waals surface area contributed by atoms with Gasteiger partial charge in [0.15, 0.2) is 4.77 Å². The first-order chi connectivity index (χ1) is 10.5. The van der Waals surface area contributed by atoms with E-state index in [0.717, 1.165) is 24.2 Å². The van der Waals surface area contributed by atoms with Gasteiger partial charge in [-0.3, -0.25) is 14.5 Å². The second-order valence-electron chi connectivity index (χ2n) is 5.16. The van der Waals surface area contributed by atoms with Crippen LogP contribution < -0.4 is 0 Å². The number of rotatable bonds is 6. The molecule has 0 aliphatic rings. The predicted molar refractivity (Wildman–Crippen MR) is 89.3 cm³/mol. The lowest BCUT2D eigenvalue weighted by atomic mass is 10.2. The van der Waals surface area contributed by atoms with Crippen molar-refractivity contribution in [3.05, 3.63) is 45.4 Å². The summed E-state index contributed by atoms with van der Waals surface area (Å²) in [5.74, 6) is 0.798. The summed E-state index contributed by atoms with van der Waals surface area (Å²) >= 11 is 11.2. The minimum atomic E-state index is -0.0187. The van der Waals surface area contributed by atoms with E-state index in [1.165, 1.54) is 0 Å². The molecule has 0 saturated carbocycles. The standard InChI is InChI=1S/C15H19ClN4OS/c1-3-5-13-17-18-15(22)20(13)10-14(21)19(2)9-11-6-4-7-12(16)8-11/h4,6-8H,3,5,9-10H2,1-2H3,(H,18,22). The van der Waals surface area contributed by atoms with Gasteiger partial charge in [0.1, 0.15) is 12.4 Å². The van der Waals surface area contributed by atoms with Gasteiger partial charge in [-0.15, -0.1) is 0 Å². The lowest BCUT2D eigenvalue weighted by Crippen LogP contribution is -2.30. The third-order valence-electron chi connectivity index (χ3n) is 3.34. The third-order valence-corrected chi connectivity index (χ3v) is 3.89. The second kappa shape index (κ2) is 7.56. The van der Waals surface area contributed by atoms with Gasteiger partial charge >= 0.3 is 0 Å². The molecule has 0 radical (unpaired) electrons. The molecule has 1 aromatic heterocycles. The molecule has 0 unspecified atom stereocenters. The lowest BCUT2D eigenvalue weighted by Gasteiger charge is -2.18. The number of carbonyl (C=O) groups excluding carboxylic acids is 1. The zero-order valence-electron chi connectivity index (χ0n) is 12.7. The van der Waals surface area contributed by atoms with Crippen molar-refractivity contribution in [3.63, 3.8) is 0 Å². The maximum atomic E-state index is 12.4. The number of aryl methyl sites for hydroxylation is 1. The van der Waals surface area contributed by atoms with E-state index in [0.29, 0.717) is 16.3 Å². The molecule has 22 heavy (non-hydrogen) atoms. The van der Waals surface area contributed by atoms with Crippen molar-refractivity contribution < 1.29 is 4.79 Å². The molecule has 0 aliphatic heterocycles. The molecule has 1 N–H and O–H groups in total. The van der Waals surface area contributed by atoms with E-state index < -0.39 is 0 Å². The van der Waals surface area contributed by atoms with Crippen molar-refractivity contribution in [1.82, 2.24) is 19.7 Å². The first-order valence-electron chi connectivity index (χ1n) is 7.13. The molecule has 0 bridgehead atoms. The van der Waals surface area contributed by atoms with Crippen molar-refractivity contribution in [1.29, 1.82) is 0 Å². The van der Waals surface area contributed by atoms with Crippen LogP contribution in [0.5, 0.6) is 0 Å². The van der Waals surface area contributed by atoms with E-state index in [2.05, 4.69) is 17.1 Å². The highest BCUT2D eigenvalue weighted by Gasteiger charge is 2.14. The van der Waals surface area contributed by atoms with Gasteiger partial charge in [-0.2, -0.15) is 5.10 Å². The Bertz CT molecular complexity index is 710. The lowest BCUT2D eigenvalue weighted by molar-refractivity contribution is -0.131. The summed E-state index contributed by atoms with van der Waals surface area (Å²) in [6, 6.07) is 7.50. The average Bonchev–Trinajstić information content (AvgIpc) is 2.80. The highest BCUT2D eigenvalue weighted by molar-refractivity contribution is 7.71. The van der Waals surface area contributed by atoms with Crippen molar-refractivity contribution in [2.24, 2.45) is 0 Å². The van der Waals surface area contributed by atoms with E-state index in [1.807, 2.05) is 24.3 Å². The van der Waals surface area contributed by atoms with Gasteiger partial charge in [0, 0.05) is 25.0 Å². The Labute approximate surface area is 139 Å². The van der Waals surface area contributed by atoms with Gasteiger partial charge in [0.2, 0.25) is 5.91 Å². The van der Waals surface area contributed by atoms with Crippen LogP contribution in [0.3, 0.4) is 0 Å². The maximum absolute atomic E-state index is 12.4. The smallest absolute Gasteiger partial charge is 0.242 e. The number of amides is 1. The largest absolute Gasteiger partial charge is 0.340 e. The highest BCUT2D eigenvalue weighted by Crippen LogP contribution is 2.12. The SMILES string of the molecule is CCCc1n[nH]c(=S)n1CC(=O)N(C)Cc1cccc(Cl)c1. The molecule has 118 valence electrons. The van der Waals surface area contributed by atoms with E-state index in [4.69, 9.17) is 23.8 Å². The Kier molecular flexibility index (Phi) is 5.74. The molecule has 0 atom stereocenters. The van der Waals surface area contributed by atoms with Crippen LogP contribution in [-0.2, 0) is 24.3 Å². The zero-order valence-corrected chi connectivity index (χ0v) is 14.2. The fourth-order valence-corrected chi connectivity index (χ4v) is 2.61. The van der Waals surface area contributed by atoms with Crippen LogP contribution in [0.4, 0.5) is 0 Å². The van der Waals surface area contributed by atoms with E-state index >= 15 is 0 Å². The van der Waals surface area contributed by atoms with Crippen molar-refractivity contribution in [2.75, 3.05) is 7.05 Å². The van der Waals surface area contributed by atoms with Crippen LogP contribution in [0.1, 0.15) is 24.7 Å². The third kappa shape index (κ3) is 4.18. The molecule has 1 aromatic carbocycles. The Hall–Kier alpha value is -1.66. The molecule has 0 fully saturated rings. The molecule has 0 spiro atoms. The van der Waals surface area contributed by atoms with Gasteiger partial charge in [-0.1, -0.05) is 30.7 Å². The molecule has 0 aliphatic carbocycles. The van der Waals surface area contributed by atoms with Crippen LogP contribution in [-0.4, -0.2) is 32.6 Å². The number of aromatic nitrogens is 3. The van der Waals surface area contributed by atoms with Crippen LogP contribution in [0.2, 0.25) is 5.02 Å². The first kappa shape index (κ1) is 16.7. The van der Waals surface area contributed by atoms with Gasteiger partial charge < -0.3 is 4.90 Å². The normalized spacial score (nSPS) is 10.7. The molecule has 0 saturated heterocycles. The molecule has 2 rings (SSSR count). The van der Waals surface area contributed by atoms with Gasteiger partial charge in [-0.05, 0) is 36.3 Å². The number of aromatic amines is 1. The number of nitrogens with one attached hydrogen (secondary N) is 1. The topological polar surface area (TPSA) is 53.9 Å². The van der Waals surface area contributed by atoms with Crippen molar-refractivity contribution in [3.8, 4) is 0 Å². The quantitative estimate of drug-likeness (QED) is 0.823. The molecule has 7 heteroatoms. The minimum absolute atomic E-state index is 0.0187. The summed E-state index contributed by atoms with van der Waals surface area (Å²) in [5.41, 5.74) is 0.993. The van der Waals surface area contributed by atoms with E-state index in [-0.39, 0.29) is 12.5 Å². The number of nitrogens with zero attached hydrogens (tertiary/aromatic N) is 3. The summed E-state index contributed by atoms with van der Waals surface area (Å²) in [5, 5.41) is 7.59. The van der Waals surface area contributed by atoms with Gasteiger partial charge in [0.05, 0.1) is 0 Å². The predicted octanol–water partition coefficient (Wildman–Crippen LogP) is 3.21. The number of carbonyl (C=O) groups is 1. The summed E-state index contributed by atoms with van der Waals surface area (Å²) < 4.78 is 2.24. The molecule has 5 nitrogen and oxygen atoms in total. The fourth-order valence-electron chi connectivity index (χ4n) is 2.18. The minimum Gasteiger partial charge on any atom is -0.340 e. The Morgan fingerprint density at radius 2 is 2.27 bits per heavy atom. The Balaban J connectivity index is 2.05. The van der Waals surface area contributed by atoms with E-state index in [9.17, 15) is 4.79 Å². The second-order valence-corrected chi connectivity index (χ2v) is 5.98. The monoisotopic (exact) mass is 338 g/mol. The number of halogens is 1. The Morgan fingerprint density at radius 3 is 2.95 bits per heavy atom. The van der Waals surface area contributed by atoms with Gasteiger partial charge in [0.25, 0.3) is 0 Å². The molecule has 1 amide bonds. The van der Waals surface area contributed by atoms with Gasteiger partial charge in [-0.25, -0.2) is 0 Å². The highest BCUT2D eigenvalue weighted by atomic mass is 35.5. The summed E-state index contributed by atoms with van der Waals surface area (Å²) in [4.78, 5) is 14.1. The van der Waals surface area contributed by atoms with Crippen molar-refractivity contribution >= 4 is 29.7 Å². The number of likely N-dealkylation sites (N-methyl/N-ethyl adjacent to an activating group) is 1. The molecular weight excluding hydrogens is 320 g/mol. The van der Waals surface area contributed by atoms with Crippen LogP contribution in [0.25, 0.3) is 0 Å². The number of H-pyrrole nitrogens is 1.